The van der Waals surface area contributed by atoms with Crippen molar-refractivity contribution in [1.82, 2.24) is 14.5 Å². The molecule has 0 spiro atoms. The van der Waals surface area contributed by atoms with E-state index in [1.165, 1.54) is 9.47 Å². The van der Waals surface area contributed by atoms with E-state index in [9.17, 15) is 9.59 Å². The molecule has 3 heterocycles. The first-order valence-electron chi connectivity index (χ1n) is 12.0. The number of rotatable bonds is 3. The van der Waals surface area contributed by atoms with Crippen molar-refractivity contribution in [3.05, 3.63) is 48.3 Å². The van der Waals surface area contributed by atoms with Crippen LogP contribution in [0, 0.1) is 0 Å². The van der Waals surface area contributed by atoms with E-state index in [4.69, 9.17) is 14.0 Å². The molecule has 0 unspecified atom stereocenters. The Morgan fingerprint density at radius 2 is 1.61 bits per heavy atom. The molecule has 1 amide bonds. The number of carbonyl (C=O) groups excluding carboxylic acids is 2. The van der Waals surface area contributed by atoms with Crippen molar-refractivity contribution in [2.75, 3.05) is 14.1 Å². The highest BCUT2D eigenvalue weighted by molar-refractivity contribution is 6.62. The standard InChI is InChI=1S/C27H34BN3O5/c1-25(2,3)34-24(33)31-16-21(17-10-12-18(13-11-17)23(32)30(8)9)20-14-19(15-29-22(20)31)28-35-26(4,5)27(6,7)36-28/h10-16H,1-9H3. The number of hydrogen-bond acceptors (Lipinski definition) is 6. The van der Waals surface area contributed by atoms with Crippen molar-refractivity contribution in [2.45, 2.75) is 65.3 Å². The van der Waals surface area contributed by atoms with Crippen LogP contribution in [0.15, 0.2) is 42.7 Å². The molecular weight excluding hydrogens is 457 g/mol. The molecule has 0 bridgehead atoms. The Balaban J connectivity index is 1.82. The number of amides is 1. The first-order valence-corrected chi connectivity index (χ1v) is 12.0. The lowest BCUT2D eigenvalue weighted by Crippen LogP contribution is -2.41. The lowest BCUT2D eigenvalue weighted by Gasteiger charge is -2.32. The molecule has 1 aliphatic rings. The molecule has 2 aromatic heterocycles. The molecule has 36 heavy (non-hydrogen) atoms. The third-order valence-corrected chi connectivity index (χ3v) is 6.63. The topological polar surface area (TPSA) is 82.9 Å². The fraction of sp³-hybridized carbons (Fsp3) is 0.444. The lowest BCUT2D eigenvalue weighted by atomic mass is 9.79. The van der Waals surface area contributed by atoms with Crippen LogP contribution in [0.3, 0.4) is 0 Å². The number of aromatic nitrogens is 2. The fourth-order valence-corrected chi connectivity index (χ4v) is 3.96. The van der Waals surface area contributed by atoms with Crippen LogP contribution in [-0.2, 0) is 14.0 Å². The highest BCUT2D eigenvalue weighted by Crippen LogP contribution is 2.37. The molecule has 1 aliphatic heterocycles. The number of fused-ring (bicyclic) bond motifs is 1. The van der Waals surface area contributed by atoms with E-state index < -0.39 is 30.0 Å². The first-order chi connectivity index (χ1) is 16.6. The van der Waals surface area contributed by atoms with Gasteiger partial charge in [-0.25, -0.2) is 14.3 Å². The quantitative estimate of drug-likeness (QED) is 0.503. The number of pyridine rings is 1. The van der Waals surface area contributed by atoms with Crippen LogP contribution in [0.5, 0.6) is 0 Å². The Kier molecular flexibility index (Phi) is 6.29. The summed E-state index contributed by atoms with van der Waals surface area (Å²) in [4.78, 5) is 31.6. The lowest BCUT2D eigenvalue weighted by molar-refractivity contribution is 0.00578. The summed E-state index contributed by atoms with van der Waals surface area (Å²) in [5.41, 5.74) is 1.77. The molecule has 1 saturated heterocycles. The monoisotopic (exact) mass is 491 g/mol. The van der Waals surface area contributed by atoms with Crippen LogP contribution in [0.2, 0.25) is 0 Å². The molecule has 1 fully saturated rings. The van der Waals surface area contributed by atoms with Gasteiger partial charge in [0.25, 0.3) is 5.91 Å². The predicted molar refractivity (Wildman–Crippen MR) is 141 cm³/mol. The maximum atomic E-state index is 13.0. The van der Waals surface area contributed by atoms with E-state index in [0.29, 0.717) is 11.2 Å². The number of hydrogen-bond donors (Lipinski definition) is 0. The van der Waals surface area contributed by atoms with Gasteiger partial charge >= 0.3 is 13.2 Å². The summed E-state index contributed by atoms with van der Waals surface area (Å²) in [7, 11) is 2.84. The third-order valence-electron chi connectivity index (χ3n) is 6.63. The van der Waals surface area contributed by atoms with Crippen LogP contribution in [0.1, 0.15) is 58.8 Å². The fourth-order valence-electron chi connectivity index (χ4n) is 3.96. The summed E-state index contributed by atoms with van der Waals surface area (Å²) in [6.07, 6.45) is 2.88. The summed E-state index contributed by atoms with van der Waals surface area (Å²) >= 11 is 0. The molecule has 0 radical (unpaired) electrons. The van der Waals surface area contributed by atoms with Crippen LogP contribution < -0.4 is 5.46 Å². The Morgan fingerprint density at radius 1 is 1.03 bits per heavy atom. The highest BCUT2D eigenvalue weighted by Gasteiger charge is 2.52. The van der Waals surface area contributed by atoms with E-state index in [-0.39, 0.29) is 5.91 Å². The van der Waals surface area contributed by atoms with E-state index >= 15 is 0 Å². The average Bonchev–Trinajstić information content (AvgIpc) is 3.25. The van der Waals surface area contributed by atoms with E-state index in [1.807, 2.05) is 66.7 Å². The zero-order valence-corrected chi connectivity index (χ0v) is 22.5. The van der Waals surface area contributed by atoms with Gasteiger partial charge in [-0.2, -0.15) is 0 Å². The molecule has 0 N–H and O–H groups in total. The molecule has 0 saturated carbocycles. The minimum absolute atomic E-state index is 0.0811. The Morgan fingerprint density at radius 3 is 2.14 bits per heavy atom. The molecule has 0 aliphatic carbocycles. The predicted octanol–water partition coefficient (Wildman–Crippen LogP) is 4.49. The molecule has 4 rings (SSSR count). The minimum atomic E-state index is -0.662. The number of ether oxygens (including phenoxy) is 1. The van der Waals surface area contributed by atoms with Gasteiger partial charge in [0.1, 0.15) is 11.2 Å². The van der Waals surface area contributed by atoms with Crippen LogP contribution >= 0.6 is 0 Å². The maximum Gasteiger partial charge on any atom is 0.496 e. The molecular formula is C27H34BN3O5. The minimum Gasteiger partial charge on any atom is -0.443 e. The van der Waals surface area contributed by atoms with Crippen molar-refractivity contribution in [2.24, 2.45) is 0 Å². The van der Waals surface area contributed by atoms with Gasteiger partial charge in [-0.1, -0.05) is 12.1 Å². The molecule has 1 aromatic carbocycles. The van der Waals surface area contributed by atoms with Crippen molar-refractivity contribution in [3.63, 3.8) is 0 Å². The molecule has 9 heteroatoms. The van der Waals surface area contributed by atoms with E-state index in [1.54, 1.807) is 38.6 Å². The van der Waals surface area contributed by atoms with Gasteiger partial charge < -0.3 is 18.9 Å². The number of benzene rings is 1. The molecule has 8 nitrogen and oxygen atoms in total. The van der Waals surface area contributed by atoms with Crippen LogP contribution in [-0.4, -0.2) is 64.5 Å². The SMILES string of the molecule is CN(C)C(=O)c1ccc(-c2cn(C(=O)OC(C)(C)C)c3ncc(B4OC(C)(C)C(C)(C)O4)cc23)cc1. The molecule has 3 aromatic rings. The van der Waals surface area contributed by atoms with Gasteiger partial charge in [-0.3, -0.25) is 4.79 Å². The second kappa shape index (κ2) is 8.74. The summed E-state index contributed by atoms with van der Waals surface area (Å²) in [6, 6.07) is 9.23. The van der Waals surface area contributed by atoms with Gasteiger partial charge in [0.05, 0.1) is 11.2 Å². The maximum absolute atomic E-state index is 13.0. The summed E-state index contributed by atoms with van der Waals surface area (Å²) in [5.74, 6) is -0.0811. The summed E-state index contributed by atoms with van der Waals surface area (Å²) in [5, 5.41) is 0.750. The van der Waals surface area contributed by atoms with Gasteiger partial charge in [-0.05, 0) is 72.2 Å². The summed E-state index contributed by atoms with van der Waals surface area (Å²) in [6.45, 7) is 13.5. The largest absolute Gasteiger partial charge is 0.496 e. The number of nitrogens with zero attached hydrogens (tertiary/aromatic N) is 3. The summed E-state index contributed by atoms with van der Waals surface area (Å²) < 4.78 is 19.5. The van der Waals surface area contributed by atoms with Crippen LogP contribution in [0.4, 0.5) is 4.79 Å². The van der Waals surface area contributed by atoms with Crippen molar-refractivity contribution in [3.8, 4) is 11.1 Å². The van der Waals surface area contributed by atoms with Crippen molar-refractivity contribution >= 4 is 35.6 Å². The second-order valence-corrected chi connectivity index (χ2v) is 11.4. The van der Waals surface area contributed by atoms with Crippen molar-refractivity contribution in [1.29, 1.82) is 0 Å². The Labute approximate surface area is 212 Å². The van der Waals surface area contributed by atoms with Crippen molar-refractivity contribution < 1.29 is 23.6 Å². The Bertz CT molecular complexity index is 1300. The average molecular weight is 491 g/mol. The van der Waals surface area contributed by atoms with Gasteiger partial charge in [0, 0.05) is 48.5 Å². The second-order valence-electron chi connectivity index (χ2n) is 11.4. The highest BCUT2D eigenvalue weighted by atomic mass is 16.7. The Hall–Kier alpha value is -3.17. The molecule has 0 atom stereocenters. The molecule has 190 valence electrons. The van der Waals surface area contributed by atoms with Crippen LogP contribution in [0.25, 0.3) is 22.2 Å². The van der Waals surface area contributed by atoms with Gasteiger partial charge in [0.15, 0.2) is 0 Å². The first kappa shape index (κ1) is 25.9. The number of carbonyl (C=O) groups is 2. The normalized spacial score (nSPS) is 16.9. The zero-order chi connectivity index (χ0) is 26.6. The smallest absolute Gasteiger partial charge is 0.443 e. The van der Waals surface area contributed by atoms with E-state index in [2.05, 4.69) is 4.98 Å². The van der Waals surface area contributed by atoms with E-state index in [0.717, 1.165) is 22.0 Å². The van der Waals surface area contributed by atoms with Gasteiger partial charge in [-0.15, -0.1) is 0 Å². The zero-order valence-electron chi connectivity index (χ0n) is 22.5. The third kappa shape index (κ3) is 4.77. The van der Waals surface area contributed by atoms with Gasteiger partial charge in [0.2, 0.25) is 0 Å².